The highest BCUT2D eigenvalue weighted by Gasteiger charge is 2.40. The monoisotopic (exact) mass is 324 g/mol. The van der Waals surface area contributed by atoms with E-state index in [1.807, 2.05) is 5.32 Å². The van der Waals surface area contributed by atoms with Crippen LogP contribution in [0.1, 0.15) is 40.5 Å². The van der Waals surface area contributed by atoms with Crippen molar-refractivity contribution < 1.29 is 27.5 Å². The van der Waals surface area contributed by atoms with Crippen LogP contribution in [0.3, 0.4) is 0 Å². The van der Waals surface area contributed by atoms with E-state index in [1.54, 1.807) is 32.6 Å². The van der Waals surface area contributed by atoms with E-state index >= 15 is 0 Å². The predicted octanol–water partition coefficient (Wildman–Crippen LogP) is 2.70. The van der Waals surface area contributed by atoms with Gasteiger partial charge in [0.25, 0.3) is 0 Å². The van der Waals surface area contributed by atoms with Gasteiger partial charge in [-0.05, 0) is 39.0 Å². The first-order valence-electron chi connectivity index (χ1n) is 7.15. The Morgan fingerprint density at radius 3 is 2.09 bits per heavy atom. The van der Waals surface area contributed by atoms with Crippen LogP contribution in [-0.4, -0.2) is 48.3 Å². The highest BCUT2D eigenvalue weighted by molar-refractivity contribution is 5.81. The Labute approximate surface area is 128 Å². The molecular weight excluding hydrogens is 301 g/mol. The van der Waals surface area contributed by atoms with Crippen molar-refractivity contribution in [3.05, 3.63) is 0 Å². The highest BCUT2D eigenvalue weighted by Crippen LogP contribution is 2.31. The van der Waals surface area contributed by atoms with Crippen molar-refractivity contribution in [3.63, 3.8) is 0 Å². The van der Waals surface area contributed by atoms with Crippen LogP contribution in [-0.2, 0) is 9.53 Å². The number of carbonyl (C=O) groups is 2. The molecule has 1 aliphatic heterocycles. The van der Waals surface area contributed by atoms with Crippen LogP contribution in [0.2, 0.25) is 0 Å². The lowest BCUT2D eigenvalue weighted by Crippen LogP contribution is -2.49. The van der Waals surface area contributed by atoms with Crippen LogP contribution in [0, 0.1) is 5.41 Å². The van der Waals surface area contributed by atoms with E-state index in [-0.39, 0.29) is 6.54 Å². The molecule has 0 bridgehead atoms. The molecule has 128 valence electrons. The van der Waals surface area contributed by atoms with E-state index in [4.69, 9.17) is 4.74 Å². The maximum absolute atomic E-state index is 12.2. The summed E-state index contributed by atoms with van der Waals surface area (Å²) >= 11 is 0. The largest absolute Gasteiger partial charge is 0.471 e. The van der Waals surface area contributed by atoms with Crippen LogP contribution in [0.4, 0.5) is 18.0 Å². The molecule has 0 aromatic heterocycles. The molecule has 22 heavy (non-hydrogen) atoms. The van der Waals surface area contributed by atoms with Gasteiger partial charge in [0.15, 0.2) is 0 Å². The van der Waals surface area contributed by atoms with Crippen LogP contribution >= 0.6 is 0 Å². The quantitative estimate of drug-likeness (QED) is 0.849. The smallest absolute Gasteiger partial charge is 0.444 e. The van der Waals surface area contributed by atoms with Gasteiger partial charge in [0.1, 0.15) is 5.60 Å². The molecule has 1 saturated heterocycles. The summed E-state index contributed by atoms with van der Waals surface area (Å²) in [7, 11) is 0. The highest BCUT2D eigenvalue weighted by atomic mass is 19.4. The Bertz CT molecular complexity index is 422. The number of hydrogen-bond acceptors (Lipinski definition) is 3. The normalized spacial score (nSPS) is 18.8. The summed E-state index contributed by atoms with van der Waals surface area (Å²) in [6.45, 7) is 7.84. The Balaban J connectivity index is 2.47. The standard InChI is InChI=1S/C14H23F3N2O3/c1-12(2,3)22-11(21)19-7-5-13(4,6-8-19)9-18-10(20)14(15,16)17/h5-9H2,1-4H3,(H,18,20). The molecule has 1 fully saturated rings. The molecule has 5 nitrogen and oxygen atoms in total. The van der Waals surface area contributed by atoms with Crippen molar-refractivity contribution in [3.8, 4) is 0 Å². The van der Waals surface area contributed by atoms with Gasteiger partial charge in [-0.1, -0.05) is 6.92 Å². The number of ether oxygens (including phenoxy) is 1. The number of amides is 2. The SMILES string of the molecule is CC1(CNC(=O)C(F)(F)F)CCN(C(=O)OC(C)(C)C)CC1. The fourth-order valence-electron chi connectivity index (χ4n) is 2.13. The molecular formula is C14H23F3N2O3. The number of hydrogen-bond donors (Lipinski definition) is 1. The van der Waals surface area contributed by atoms with Crippen molar-refractivity contribution in [1.82, 2.24) is 10.2 Å². The zero-order chi connectivity index (χ0) is 17.2. The van der Waals surface area contributed by atoms with Gasteiger partial charge < -0.3 is 15.0 Å². The molecule has 0 atom stereocenters. The Morgan fingerprint density at radius 2 is 1.68 bits per heavy atom. The number of rotatable bonds is 2. The average Bonchev–Trinajstić information content (AvgIpc) is 2.33. The molecule has 1 N–H and O–H groups in total. The maximum Gasteiger partial charge on any atom is 0.471 e. The third-order valence-electron chi connectivity index (χ3n) is 3.56. The summed E-state index contributed by atoms with van der Waals surface area (Å²) in [5.74, 6) is -1.93. The molecule has 1 aliphatic rings. The van der Waals surface area contributed by atoms with Crippen molar-refractivity contribution in [2.75, 3.05) is 19.6 Å². The number of likely N-dealkylation sites (tertiary alicyclic amines) is 1. The second kappa shape index (κ2) is 6.34. The number of alkyl halides is 3. The van der Waals surface area contributed by atoms with Gasteiger partial charge in [-0.15, -0.1) is 0 Å². The summed E-state index contributed by atoms with van der Waals surface area (Å²) in [6.07, 6.45) is -4.28. The molecule has 0 spiro atoms. The zero-order valence-electron chi connectivity index (χ0n) is 13.3. The third-order valence-corrected chi connectivity index (χ3v) is 3.56. The molecule has 2 amide bonds. The van der Waals surface area contributed by atoms with Crippen molar-refractivity contribution in [1.29, 1.82) is 0 Å². The number of nitrogens with zero attached hydrogens (tertiary/aromatic N) is 1. The molecule has 1 heterocycles. The van der Waals surface area contributed by atoms with E-state index in [0.717, 1.165) is 0 Å². The Kier molecular flexibility index (Phi) is 5.35. The predicted molar refractivity (Wildman–Crippen MR) is 74.2 cm³/mol. The zero-order valence-corrected chi connectivity index (χ0v) is 13.3. The molecule has 0 radical (unpaired) electrons. The summed E-state index contributed by atoms with van der Waals surface area (Å²) in [5.41, 5.74) is -1.04. The van der Waals surface area contributed by atoms with Gasteiger partial charge in [-0.3, -0.25) is 4.79 Å². The summed E-state index contributed by atoms with van der Waals surface area (Å²) in [4.78, 5) is 24.3. The van der Waals surface area contributed by atoms with Crippen molar-refractivity contribution >= 4 is 12.0 Å². The van der Waals surface area contributed by atoms with Crippen LogP contribution in [0.5, 0.6) is 0 Å². The molecule has 1 rings (SSSR count). The van der Waals surface area contributed by atoms with Gasteiger partial charge in [-0.25, -0.2) is 4.79 Å². The Hall–Kier alpha value is -1.47. The molecule has 0 aliphatic carbocycles. The topological polar surface area (TPSA) is 58.6 Å². The number of nitrogens with one attached hydrogen (secondary N) is 1. The summed E-state index contributed by atoms with van der Waals surface area (Å²) in [5, 5.41) is 1.92. The molecule has 0 aromatic rings. The first-order chi connectivity index (χ1) is 9.82. The average molecular weight is 324 g/mol. The maximum atomic E-state index is 12.2. The van der Waals surface area contributed by atoms with Crippen LogP contribution in [0.15, 0.2) is 0 Å². The van der Waals surface area contributed by atoms with E-state index in [0.29, 0.717) is 25.9 Å². The van der Waals surface area contributed by atoms with E-state index in [1.165, 1.54) is 0 Å². The van der Waals surface area contributed by atoms with Gasteiger partial charge in [0, 0.05) is 19.6 Å². The number of piperidine rings is 1. The van der Waals surface area contributed by atoms with Gasteiger partial charge in [-0.2, -0.15) is 13.2 Å². The molecule has 0 saturated carbocycles. The second-order valence-corrected chi connectivity index (χ2v) is 6.96. The fourth-order valence-corrected chi connectivity index (χ4v) is 2.13. The fraction of sp³-hybridized carbons (Fsp3) is 0.857. The minimum absolute atomic E-state index is 0.0620. The second-order valence-electron chi connectivity index (χ2n) is 6.96. The summed E-state index contributed by atoms with van der Waals surface area (Å²) in [6, 6.07) is 0. The van der Waals surface area contributed by atoms with E-state index < -0.39 is 29.2 Å². The lowest BCUT2D eigenvalue weighted by atomic mass is 9.80. The lowest BCUT2D eigenvalue weighted by Gasteiger charge is -2.39. The first kappa shape index (κ1) is 18.6. The van der Waals surface area contributed by atoms with Gasteiger partial charge in [0.2, 0.25) is 0 Å². The van der Waals surface area contributed by atoms with E-state index in [9.17, 15) is 22.8 Å². The van der Waals surface area contributed by atoms with Crippen LogP contribution in [0.25, 0.3) is 0 Å². The lowest BCUT2D eigenvalue weighted by molar-refractivity contribution is -0.174. The molecule has 0 aromatic carbocycles. The van der Waals surface area contributed by atoms with Gasteiger partial charge in [0.05, 0.1) is 0 Å². The van der Waals surface area contributed by atoms with Gasteiger partial charge >= 0.3 is 18.2 Å². The third kappa shape index (κ3) is 5.73. The van der Waals surface area contributed by atoms with Crippen molar-refractivity contribution in [2.24, 2.45) is 5.41 Å². The van der Waals surface area contributed by atoms with E-state index in [2.05, 4.69) is 0 Å². The Morgan fingerprint density at radius 1 is 1.18 bits per heavy atom. The summed E-state index contributed by atoms with van der Waals surface area (Å²) < 4.78 is 41.8. The number of halogens is 3. The minimum Gasteiger partial charge on any atom is -0.444 e. The number of carbonyl (C=O) groups excluding carboxylic acids is 2. The molecule has 8 heteroatoms. The van der Waals surface area contributed by atoms with Crippen molar-refractivity contribution in [2.45, 2.75) is 52.3 Å². The molecule has 0 unspecified atom stereocenters. The minimum atomic E-state index is -4.87. The first-order valence-corrected chi connectivity index (χ1v) is 7.15. The van der Waals surface area contributed by atoms with Crippen LogP contribution < -0.4 is 5.32 Å².